The van der Waals surface area contributed by atoms with E-state index in [4.69, 9.17) is 32.7 Å². The number of hydrogen-bond donors (Lipinski definition) is 2. The molecule has 0 bridgehead atoms. The quantitative estimate of drug-likeness (QED) is 0.319. The Morgan fingerprint density at radius 1 is 0.976 bits per heavy atom. The SMILES string of the molecule is COc1ccc(NS(=O)(=O)c2ccc(NC(=O)[C@@H]3CCCN(S(=O)(=O)Cc4c(Cl)cccc4Cl)C3)cc2)c(OC)c1. The van der Waals surface area contributed by atoms with Crippen molar-refractivity contribution < 1.29 is 31.1 Å². The van der Waals surface area contributed by atoms with Gasteiger partial charge in [0.1, 0.15) is 11.5 Å². The number of halogens is 2. The van der Waals surface area contributed by atoms with Crippen LogP contribution in [0.2, 0.25) is 10.0 Å². The molecule has 41 heavy (non-hydrogen) atoms. The van der Waals surface area contributed by atoms with E-state index in [0.717, 1.165) is 0 Å². The van der Waals surface area contributed by atoms with Crippen LogP contribution in [0.3, 0.4) is 0 Å². The Morgan fingerprint density at radius 3 is 2.29 bits per heavy atom. The molecule has 1 heterocycles. The van der Waals surface area contributed by atoms with Crippen molar-refractivity contribution >= 4 is 60.5 Å². The first-order valence-electron chi connectivity index (χ1n) is 12.5. The number of carbonyl (C=O) groups is 1. The van der Waals surface area contributed by atoms with Crippen LogP contribution in [0.25, 0.3) is 0 Å². The Hall–Kier alpha value is -3.03. The van der Waals surface area contributed by atoms with Crippen molar-refractivity contribution in [3.8, 4) is 11.5 Å². The molecule has 14 heteroatoms. The molecule has 3 aromatic rings. The molecule has 1 aliphatic rings. The van der Waals surface area contributed by atoms with Crippen molar-refractivity contribution in [2.45, 2.75) is 23.5 Å². The zero-order valence-electron chi connectivity index (χ0n) is 22.3. The van der Waals surface area contributed by atoms with E-state index in [1.165, 1.54) is 48.9 Å². The van der Waals surface area contributed by atoms with Crippen LogP contribution in [-0.4, -0.2) is 54.4 Å². The third kappa shape index (κ3) is 7.44. The standard InChI is InChI=1S/C27H29Cl2N3O7S2/c1-38-20-10-13-25(26(15-20)39-2)31-41(36,37)21-11-8-19(9-12-21)30-27(33)18-5-4-14-32(16-18)40(34,35)17-22-23(28)6-3-7-24(22)29/h3,6-13,15,18,31H,4-5,14,16-17H2,1-2H3,(H,30,33)/t18-/m1/s1. The summed E-state index contributed by atoms with van der Waals surface area (Å²) in [6, 6.07) is 15.1. The molecule has 3 aromatic carbocycles. The second kappa shape index (κ2) is 12.9. The molecule has 0 saturated carbocycles. The molecule has 0 aromatic heterocycles. The minimum Gasteiger partial charge on any atom is -0.497 e. The Morgan fingerprint density at radius 2 is 1.66 bits per heavy atom. The number of sulfonamides is 2. The van der Waals surface area contributed by atoms with Crippen molar-refractivity contribution in [2.24, 2.45) is 5.92 Å². The lowest BCUT2D eigenvalue weighted by atomic mass is 9.99. The monoisotopic (exact) mass is 641 g/mol. The molecule has 220 valence electrons. The van der Waals surface area contributed by atoms with Gasteiger partial charge >= 0.3 is 0 Å². The van der Waals surface area contributed by atoms with Gasteiger partial charge < -0.3 is 14.8 Å². The van der Waals surface area contributed by atoms with Gasteiger partial charge in [-0.2, -0.15) is 0 Å². The molecule has 2 N–H and O–H groups in total. The summed E-state index contributed by atoms with van der Waals surface area (Å²) in [7, 11) is -4.84. The molecule has 0 unspecified atom stereocenters. The Labute approximate surface area is 249 Å². The Kier molecular flexibility index (Phi) is 9.70. The second-order valence-corrected chi connectivity index (χ2v) is 13.8. The van der Waals surface area contributed by atoms with Crippen LogP contribution in [0.15, 0.2) is 65.6 Å². The first-order chi connectivity index (χ1) is 19.4. The zero-order chi connectivity index (χ0) is 29.8. The van der Waals surface area contributed by atoms with Crippen molar-refractivity contribution in [3.63, 3.8) is 0 Å². The number of hydrogen-bond acceptors (Lipinski definition) is 7. The highest BCUT2D eigenvalue weighted by molar-refractivity contribution is 7.92. The maximum Gasteiger partial charge on any atom is 0.262 e. The van der Waals surface area contributed by atoms with E-state index in [-0.39, 0.29) is 51.1 Å². The van der Waals surface area contributed by atoms with Gasteiger partial charge in [0.05, 0.1) is 36.5 Å². The van der Waals surface area contributed by atoms with Crippen molar-refractivity contribution in [2.75, 3.05) is 37.3 Å². The van der Waals surface area contributed by atoms with E-state index in [0.29, 0.717) is 29.8 Å². The van der Waals surface area contributed by atoms with Gasteiger partial charge in [0.25, 0.3) is 10.0 Å². The lowest BCUT2D eigenvalue weighted by molar-refractivity contribution is -0.120. The largest absolute Gasteiger partial charge is 0.497 e. The van der Waals surface area contributed by atoms with Gasteiger partial charge in [-0.1, -0.05) is 29.3 Å². The number of anilines is 2. The highest BCUT2D eigenvalue weighted by Crippen LogP contribution is 2.32. The fourth-order valence-corrected chi connectivity index (χ4v) is 7.83. The van der Waals surface area contributed by atoms with Gasteiger partial charge in [-0.25, -0.2) is 21.1 Å². The summed E-state index contributed by atoms with van der Waals surface area (Å²) < 4.78 is 66.3. The summed E-state index contributed by atoms with van der Waals surface area (Å²) in [6.07, 6.45) is 1.01. The van der Waals surface area contributed by atoms with Crippen LogP contribution in [-0.2, 0) is 30.6 Å². The van der Waals surface area contributed by atoms with E-state index in [2.05, 4.69) is 10.0 Å². The molecule has 1 fully saturated rings. The van der Waals surface area contributed by atoms with Gasteiger partial charge in [0.15, 0.2) is 0 Å². The smallest absolute Gasteiger partial charge is 0.262 e. The van der Waals surface area contributed by atoms with Gasteiger partial charge in [-0.15, -0.1) is 0 Å². The molecule has 10 nitrogen and oxygen atoms in total. The van der Waals surface area contributed by atoms with E-state index < -0.39 is 26.0 Å². The van der Waals surface area contributed by atoms with Crippen LogP contribution in [0.1, 0.15) is 18.4 Å². The van der Waals surface area contributed by atoms with E-state index in [1.807, 2.05) is 0 Å². The van der Waals surface area contributed by atoms with Crippen LogP contribution < -0.4 is 19.5 Å². The van der Waals surface area contributed by atoms with Gasteiger partial charge in [0.2, 0.25) is 15.9 Å². The van der Waals surface area contributed by atoms with Crippen LogP contribution in [0.4, 0.5) is 11.4 Å². The number of rotatable bonds is 10. The highest BCUT2D eigenvalue weighted by Gasteiger charge is 2.33. The first kappa shape index (κ1) is 30.9. The molecular formula is C27H29Cl2N3O7S2. The predicted octanol–water partition coefficient (Wildman–Crippen LogP) is 4.99. The third-order valence-electron chi connectivity index (χ3n) is 6.62. The minimum absolute atomic E-state index is 0.0102. The molecule has 0 spiro atoms. The summed E-state index contributed by atoms with van der Waals surface area (Å²) >= 11 is 12.3. The third-order valence-corrected chi connectivity index (χ3v) is 10.5. The Balaban J connectivity index is 1.40. The number of amides is 1. The Bertz CT molecular complexity index is 1610. The van der Waals surface area contributed by atoms with Crippen LogP contribution in [0.5, 0.6) is 11.5 Å². The minimum atomic E-state index is -3.96. The number of nitrogens with one attached hydrogen (secondary N) is 2. The van der Waals surface area contributed by atoms with E-state index in [9.17, 15) is 21.6 Å². The molecule has 1 saturated heterocycles. The summed E-state index contributed by atoms with van der Waals surface area (Å²) in [4.78, 5) is 13.0. The number of piperidine rings is 1. The van der Waals surface area contributed by atoms with E-state index >= 15 is 0 Å². The molecule has 4 rings (SSSR count). The normalized spacial score (nSPS) is 16.1. The van der Waals surface area contributed by atoms with Crippen molar-refractivity contribution in [1.82, 2.24) is 4.31 Å². The zero-order valence-corrected chi connectivity index (χ0v) is 25.4. The van der Waals surface area contributed by atoms with Crippen molar-refractivity contribution in [3.05, 3.63) is 76.3 Å². The summed E-state index contributed by atoms with van der Waals surface area (Å²) in [6.45, 7) is 0.295. The van der Waals surface area contributed by atoms with Gasteiger partial charge in [-0.05, 0) is 61.4 Å². The van der Waals surface area contributed by atoms with Gasteiger partial charge in [0, 0.05) is 40.5 Å². The molecular weight excluding hydrogens is 613 g/mol. The first-order valence-corrected chi connectivity index (χ1v) is 16.3. The summed E-state index contributed by atoms with van der Waals surface area (Å²) in [5, 5.41) is 3.28. The second-order valence-electron chi connectivity index (χ2n) is 9.34. The summed E-state index contributed by atoms with van der Waals surface area (Å²) in [5.41, 5.74) is 0.926. The highest BCUT2D eigenvalue weighted by atomic mass is 35.5. The molecule has 0 aliphatic carbocycles. The maximum absolute atomic E-state index is 13.1. The van der Waals surface area contributed by atoms with Gasteiger partial charge in [-0.3, -0.25) is 9.52 Å². The maximum atomic E-state index is 13.1. The molecule has 1 atom stereocenters. The van der Waals surface area contributed by atoms with Crippen molar-refractivity contribution in [1.29, 1.82) is 0 Å². The van der Waals surface area contributed by atoms with Crippen LogP contribution >= 0.6 is 23.2 Å². The topological polar surface area (TPSA) is 131 Å². The fourth-order valence-electron chi connectivity index (χ4n) is 4.40. The number of ether oxygens (including phenoxy) is 2. The molecule has 1 aliphatic heterocycles. The number of carbonyl (C=O) groups excluding carboxylic acids is 1. The lowest BCUT2D eigenvalue weighted by Crippen LogP contribution is -2.44. The lowest BCUT2D eigenvalue weighted by Gasteiger charge is -2.31. The van der Waals surface area contributed by atoms with E-state index in [1.54, 1.807) is 30.3 Å². The molecule has 1 amide bonds. The number of benzene rings is 3. The number of nitrogens with zero attached hydrogens (tertiary/aromatic N) is 1. The average molecular weight is 643 g/mol. The average Bonchev–Trinajstić information content (AvgIpc) is 2.95. The van der Waals surface area contributed by atoms with Crippen LogP contribution in [0, 0.1) is 5.92 Å². The summed E-state index contributed by atoms with van der Waals surface area (Å²) in [5.74, 6) is -0.527. The number of methoxy groups -OCH3 is 2. The molecule has 0 radical (unpaired) electrons. The predicted molar refractivity (Wildman–Crippen MR) is 159 cm³/mol. The fraction of sp³-hybridized carbons (Fsp3) is 0.296.